The van der Waals surface area contributed by atoms with Crippen LogP contribution in [0.4, 0.5) is 0 Å². The fraction of sp³-hybridized carbons (Fsp3) is 0.250. The van der Waals surface area contributed by atoms with Gasteiger partial charge in [0.15, 0.2) is 0 Å². The SMILES string of the molecule is N=C1CCCc2c1[nH]c1ccccc21. The van der Waals surface area contributed by atoms with Gasteiger partial charge in [-0.2, -0.15) is 0 Å². The average Bonchev–Trinajstić information content (AvgIpc) is 2.59. The second-order valence-corrected chi connectivity index (χ2v) is 3.86. The Balaban J connectivity index is 2.38. The molecule has 0 saturated carbocycles. The van der Waals surface area contributed by atoms with Crippen molar-refractivity contribution in [3.63, 3.8) is 0 Å². The molecule has 14 heavy (non-hydrogen) atoms. The van der Waals surface area contributed by atoms with E-state index < -0.39 is 0 Å². The van der Waals surface area contributed by atoms with Gasteiger partial charge in [0, 0.05) is 10.9 Å². The van der Waals surface area contributed by atoms with E-state index in [2.05, 4.69) is 23.2 Å². The first-order valence-corrected chi connectivity index (χ1v) is 5.03. The third kappa shape index (κ3) is 0.939. The first kappa shape index (κ1) is 7.80. The van der Waals surface area contributed by atoms with Crippen molar-refractivity contribution >= 4 is 16.6 Å². The first-order chi connectivity index (χ1) is 6.86. The third-order valence-electron chi connectivity index (χ3n) is 2.97. The number of nitrogens with one attached hydrogen (secondary N) is 2. The van der Waals surface area contributed by atoms with E-state index in [0.717, 1.165) is 30.7 Å². The van der Waals surface area contributed by atoms with Crippen molar-refractivity contribution in [1.29, 1.82) is 5.41 Å². The second kappa shape index (κ2) is 2.71. The molecule has 2 aromatic rings. The number of hydrogen-bond donors (Lipinski definition) is 2. The number of aromatic nitrogens is 1. The molecule has 0 radical (unpaired) electrons. The lowest BCUT2D eigenvalue weighted by Gasteiger charge is -2.11. The van der Waals surface area contributed by atoms with Crippen molar-refractivity contribution in [3.8, 4) is 0 Å². The Morgan fingerprint density at radius 3 is 2.93 bits per heavy atom. The molecule has 1 aliphatic carbocycles. The van der Waals surface area contributed by atoms with Gasteiger partial charge in [-0.05, 0) is 30.9 Å². The number of fused-ring (bicyclic) bond motifs is 3. The van der Waals surface area contributed by atoms with Crippen LogP contribution in [0.5, 0.6) is 0 Å². The lowest BCUT2D eigenvalue weighted by Crippen LogP contribution is -2.09. The number of H-pyrrole nitrogens is 1. The molecule has 2 heteroatoms. The lowest BCUT2D eigenvalue weighted by atomic mass is 9.94. The minimum absolute atomic E-state index is 0.766. The molecule has 0 spiro atoms. The molecule has 0 bridgehead atoms. The van der Waals surface area contributed by atoms with Gasteiger partial charge in [-0.1, -0.05) is 18.2 Å². The van der Waals surface area contributed by atoms with Gasteiger partial charge < -0.3 is 10.4 Å². The Kier molecular flexibility index (Phi) is 1.51. The fourth-order valence-corrected chi connectivity index (χ4v) is 2.28. The van der Waals surface area contributed by atoms with Crippen molar-refractivity contribution in [2.24, 2.45) is 0 Å². The number of rotatable bonds is 0. The van der Waals surface area contributed by atoms with Crippen molar-refractivity contribution in [1.82, 2.24) is 4.98 Å². The summed E-state index contributed by atoms with van der Waals surface area (Å²) in [5.74, 6) is 0. The summed E-state index contributed by atoms with van der Waals surface area (Å²) in [4.78, 5) is 3.34. The van der Waals surface area contributed by atoms with Crippen LogP contribution in [0.25, 0.3) is 10.9 Å². The van der Waals surface area contributed by atoms with Gasteiger partial charge in [-0.15, -0.1) is 0 Å². The highest BCUT2D eigenvalue weighted by molar-refractivity contribution is 6.04. The van der Waals surface area contributed by atoms with Gasteiger partial charge >= 0.3 is 0 Å². The highest BCUT2D eigenvalue weighted by Crippen LogP contribution is 2.28. The van der Waals surface area contributed by atoms with E-state index >= 15 is 0 Å². The van der Waals surface area contributed by atoms with Crippen LogP contribution in [0.2, 0.25) is 0 Å². The zero-order chi connectivity index (χ0) is 9.54. The normalized spacial score (nSPS) is 15.9. The lowest BCUT2D eigenvalue weighted by molar-refractivity contribution is 0.837. The van der Waals surface area contributed by atoms with Crippen LogP contribution in [-0.4, -0.2) is 10.7 Å². The Bertz CT molecular complexity index is 508. The quantitative estimate of drug-likeness (QED) is 0.632. The maximum Gasteiger partial charge on any atom is 0.0635 e. The highest BCUT2D eigenvalue weighted by Gasteiger charge is 2.18. The topological polar surface area (TPSA) is 39.6 Å². The number of aryl methyl sites for hydroxylation is 1. The number of benzene rings is 1. The molecule has 1 aliphatic rings. The molecule has 1 aromatic carbocycles. The van der Waals surface area contributed by atoms with E-state index in [1.807, 2.05) is 6.07 Å². The number of aromatic amines is 1. The van der Waals surface area contributed by atoms with Crippen LogP contribution in [0.3, 0.4) is 0 Å². The van der Waals surface area contributed by atoms with Crippen molar-refractivity contribution in [3.05, 3.63) is 35.5 Å². The van der Waals surface area contributed by atoms with Gasteiger partial charge in [-0.3, -0.25) is 0 Å². The minimum Gasteiger partial charge on any atom is -0.353 e. The van der Waals surface area contributed by atoms with Crippen LogP contribution in [0.1, 0.15) is 24.1 Å². The first-order valence-electron chi connectivity index (χ1n) is 5.03. The molecule has 1 heterocycles. The van der Waals surface area contributed by atoms with Crippen LogP contribution in [0.15, 0.2) is 24.3 Å². The molecular weight excluding hydrogens is 172 g/mol. The minimum atomic E-state index is 0.766. The van der Waals surface area contributed by atoms with Crippen molar-refractivity contribution < 1.29 is 0 Å². The summed E-state index contributed by atoms with van der Waals surface area (Å²) in [6.45, 7) is 0. The van der Waals surface area contributed by atoms with E-state index in [1.165, 1.54) is 16.5 Å². The molecule has 3 rings (SSSR count). The van der Waals surface area contributed by atoms with E-state index in [9.17, 15) is 0 Å². The molecular formula is C12H12N2. The predicted octanol–water partition coefficient (Wildman–Crippen LogP) is 2.87. The van der Waals surface area contributed by atoms with Gasteiger partial charge in [0.25, 0.3) is 0 Å². The van der Waals surface area contributed by atoms with Crippen LogP contribution >= 0.6 is 0 Å². The molecule has 0 unspecified atom stereocenters. The van der Waals surface area contributed by atoms with Crippen LogP contribution in [-0.2, 0) is 6.42 Å². The zero-order valence-corrected chi connectivity index (χ0v) is 7.93. The molecule has 0 aliphatic heterocycles. The van der Waals surface area contributed by atoms with E-state index in [0.29, 0.717) is 0 Å². The van der Waals surface area contributed by atoms with Crippen LogP contribution in [0, 0.1) is 5.41 Å². The molecule has 0 amide bonds. The van der Waals surface area contributed by atoms with E-state index in [-0.39, 0.29) is 0 Å². The zero-order valence-electron chi connectivity index (χ0n) is 7.93. The maximum atomic E-state index is 7.87. The Morgan fingerprint density at radius 1 is 1.14 bits per heavy atom. The monoisotopic (exact) mass is 184 g/mol. The Morgan fingerprint density at radius 2 is 2.00 bits per heavy atom. The predicted molar refractivity (Wildman–Crippen MR) is 58.1 cm³/mol. The average molecular weight is 184 g/mol. The summed E-state index contributed by atoms with van der Waals surface area (Å²) < 4.78 is 0. The molecule has 0 atom stereocenters. The summed E-state index contributed by atoms with van der Waals surface area (Å²) in [5, 5.41) is 9.17. The van der Waals surface area contributed by atoms with Gasteiger partial charge in [0.2, 0.25) is 0 Å². The molecule has 2 nitrogen and oxygen atoms in total. The maximum absolute atomic E-state index is 7.87. The summed E-state index contributed by atoms with van der Waals surface area (Å²) in [7, 11) is 0. The molecule has 1 aromatic heterocycles. The molecule has 70 valence electrons. The van der Waals surface area contributed by atoms with E-state index in [4.69, 9.17) is 5.41 Å². The number of hydrogen-bond acceptors (Lipinski definition) is 1. The summed E-state index contributed by atoms with van der Waals surface area (Å²) >= 11 is 0. The molecule has 0 fully saturated rings. The van der Waals surface area contributed by atoms with Gasteiger partial charge in [0.1, 0.15) is 0 Å². The van der Waals surface area contributed by atoms with Gasteiger partial charge in [-0.25, -0.2) is 0 Å². The van der Waals surface area contributed by atoms with E-state index in [1.54, 1.807) is 0 Å². The fourth-order valence-electron chi connectivity index (χ4n) is 2.28. The van der Waals surface area contributed by atoms with Crippen molar-refractivity contribution in [2.45, 2.75) is 19.3 Å². The number of para-hydroxylation sites is 1. The van der Waals surface area contributed by atoms with Crippen LogP contribution < -0.4 is 0 Å². The third-order valence-corrected chi connectivity index (χ3v) is 2.97. The summed E-state index contributed by atoms with van der Waals surface area (Å²) in [6, 6.07) is 8.33. The molecule has 2 N–H and O–H groups in total. The molecule has 0 saturated heterocycles. The standard InChI is InChI=1S/C12H12N2/c13-10-6-3-5-9-8-4-1-2-7-11(8)14-12(9)10/h1-2,4,7,13-14H,3,5-6H2. The Labute approximate surface area is 82.5 Å². The van der Waals surface area contributed by atoms with Gasteiger partial charge in [0.05, 0.1) is 11.4 Å². The highest BCUT2D eigenvalue weighted by atomic mass is 14.7. The largest absolute Gasteiger partial charge is 0.353 e. The summed E-state index contributed by atoms with van der Waals surface area (Å²) in [6.07, 6.45) is 3.15. The second-order valence-electron chi connectivity index (χ2n) is 3.86. The Hall–Kier alpha value is -1.57. The summed E-state index contributed by atoms with van der Waals surface area (Å²) in [5.41, 5.74) is 4.35. The van der Waals surface area contributed by atoms with Crippen molar-refractivity contribution in [2.75, 3.05) is 0 Å². The smallest absolute Gasteiger partial charge is 0.0635 e.